The molecule has 0 bridgehead atoms. The summed E-state index contributed by atoms with van der Waals surface area (Å²) in [5, 5.41) is 18.4. The van der Waals surface area contributed by atoms with Gasteiger partial charge in [0.25, 0.3) is 0 Å². The molecule has 0 aromatic heterocycles. The van der Waals surface area contributed by atoms with Crippen LogP contribution in [0.5, 0.6) is 0 Å². The van der Waals surface area contributed by atoms with Gasteiger partial charge in [0.1, 0.15) is 23.6 Å². The lowest BCUT2D eigenvalue weighted by molar-refractivity contribution is -0.142. The van der Waals surface area contributed by atoms with Crippen LogP contribution in [0.2, 0.25) is 0 Å². The molecule has 2 aliphatic heterocycles. The molecule has 4 rings (SSSR count). The van der Waals surface area contributed by atoms with Crippen LogP contribution in [0.4, 0.5) is 5.69 Å². The maximum absolute atomic E-state index is 14.0. The molecular formula is C23H23N3O5. The molecule has 2 atom stereocenters. The van der Waals surface area contributed by atoms with Crippen molar-refractivity contribution >= 4 is 29.2 Å². The summed E-state index contributed by atoms with van der Waals surface area (Å²) in [7, 11) is 0. The zero-order valence-electron chi connectivity index (χ0n) is 17.7. The van der Waals surface area contributed by atoms with Gasteiger partial charge in [-0.15, -0.1) is 0 Å². The topological polar surface area (TPSA) is 121 Å². The van der Waals surface area contributed by atoms with Crippen LogP contribution in [0.25, 0.3) is 0 Å². The third-order valence-corrected chi connectivity index (χ3v) is 6.08. The second-order valence-corrected chi connectivity index (χ2v) is 8.79. The summed E-state index contributed by atoms with van der Waals surface area (Å²) in [6, 6.07) is 8.82. The minimum absolute atomic E-state index is 0.137. The highest BCUT2D eigenvalue weighted by molar-refractivity contribution is 6.21. The van der Waals surface area contributed by atoms with Gasteiger partial charge < -0.3 is 9.47 Å². The minimum Gasteiger partial charge on any atom is -0.465 e. The fraction of sp³-hybridized carbons (Fsp3) is 0.435. The van der Waals surface area contributed by atoms with Crippen LogP contribution in [-0.2, 0) is 29.3 Å². The zero-order valence-corrected chi connectivity index (χ0v) is 17.7. The van der Waals surface area contributed by atoms with E-state index in [1.165, 1.54) is 4.90 Å². The SMILES string of the molecule is CCOC(=O)CN1C(=O)C2(C3=C(CC(C)(C)CC3=O)OC(=N)C2C#N)c2ccccc21. The fourth-order valence-corrected chi connectivity index (χ4v) is 4.97. The Morgan fingerprint density at radius 2 is 2.03 bits per heavy atom. The van der Waals surface area contributed by atoms with Crippen LogP contribution in [0.1, 0.15) is 39.2 Å². The number of rotatable bonds is 3. The maximum atomic E-state index is 14.0. The Morgan fingerprint density at radius 1 is 1.32 bits per heavy atom. The molecular weight excluding hydrogens is 398 g/mol. The van der Waals surface area contributed by atoms with Crippen molar-refractivity contribution in [3.8, 4) is 6.07 Å². The number of carbonyl (C=O) groups excluding carboxylic acids is 3. The summed E-state index contributed by atoms with van der Waals surface area (Å²) in [5.41, 5.74) is -1.11. The van der Waals surface area contributed by atoms with Gasteiger partial charge in [0.05, 0.1) is 18.2 Å². The average Bonchev–Trinajstić information content (AvgIpc) is 2.91. The number of nitrogens with one attached hydrogen (secondary N) is 1. The lowest BCUT2D eigenvalue weighted by atomic mass is 9.59. The van der Waals surface area contributed by atoms with Gasteiger partial charge in [-0.2, -0.15) is 5.26 Å². The van der Waals surface area contributed by atoms with Crippen LogP contribution in [0.3, 0.4) is 0 Å². The average molecular weight is 421 g/mol. The first kappa shape index (κ1) is 20.8. The summed E-state index contributed by atoms with van der Waals surface area (Å²) >= 11 is 0. The molecule has 3 aliphatic rings. The molecule has 2 unspecified atom stereocenters. The second kappa shape index (κ2) is 7.05. The van der Waals surface area contributed by atoms with Crippen molar-refractivity contribution in [3.63, 3.8) is 0 Å². The van der Waals surface area contributed by atoms with Gasteiger partial charge >= 0.3 is 5.97 Å². The third-order valence-electron chi connectivity index (χ3n) is 6.08. The number of ketones is 1. The molecule has 31 heavy (non-hydrogen) atoms. The summed E-state index contributed by atoms with van der Waals surface area (Å²) in [6.45, 7) is 5.32. The smallest absolute Gasteiger partial charge is 0.326 e. The Labute approximate surface area is 179 Å². The van der Waals surface area contributed by atoms with E-state index in [0.29, 0.717) is 17.7 Å². The number of ether oxygens (including phenoxy) is 2. The third kappa shape index (κ3) is 2.87. The van der Waals surface area contributed by atoms with Crippen LogP contribution in [0.15, 0.2) is 35.6 Å². The summed E-state index contributed by atoms with van der Waals surface area (Å²) in [4.78, 5) is 40.9. The molecule has 1 aliphatic carbocycles. The van der Waals surface area contributed by atoms with E-state index in [1.807, 2.05) is 19.9 Å². The quantitative estimate of drug-likeness (QED) is 0.749. The molecule has 1 amide bonds. The molecule has 0 saturated carbocycles. The van der Waals surface area contributed by atoms with Crippen molar-refractivity contribution in [1.82, 2.24) is 0 Å². The number of hydrogen-bond acceptors (Lipinski definition) is 7. The summed E-state index contributed by atoms with van der Waals surface area (Å²) < 4.78 is 10.7. The first-order valence-electron chi connectivity index (χ1n) is 10.2. The van der Waals surface area contributed by atoms with Gasteiger partial charge in [-0.05, 0) is 24.0 Å². The number of benzene rings is 1. The Bertz CT molecular complexity index is 1100. The predicted octanol–water partition coefficient (Wildman–Crippen LogP) is 2.62. The molecule has 0 saturated heterocycles. The molecule has 2 heterocycles. The number of amides is 1. The lowest BCUT2D eigenvalue weighted by Gasteiger charge is -2.43. The van der Waals surface area contributed by atoms with E-state index in [2.05, 4.69) is 0 Å². The molecule has 1 aromatic carbocycles. The van der Waals surface area contributed by atoms with Crippen LogP contribution in [0, 0.1) is 28.1 Å². The number of carbonyl (C=O) groups is 3. The first-order valence-corrected chi connectivity index (χ1v) is 10.2. The first-order chi connectivity index (χ1) is 14.7. The number of para-hydroxylation sites is 1. The van der Waals surface area contributed by atoms with Crippen molar-refractivity contribution in [2.75, 3.05) is 18.1 Å². The Hall–Kier alpha value is -3.47. The Balaban J connectivity index is 1.99. The molecule has 8 nitrogen and oxygen atoms in total. The van der Waals surface area contributed by atoms with E-state index in [0.717, 1.165) is 0 Å². The zero-order chi connectivity index (χ0) is 22.6. The number of esters is 1. The predicted molar refractivity (Wildman–Crippen MR) is 110 cm³/mol. The molecule has 0 radical (unpaired) electrons. The van der Waals surface area contributed by atoms with Crippen molar-refractivity contribution < 1.29 is 23.9 Å². The summed E-state index contributed by atoms with van der Waals surface area (Å²) in [6.07, 6.45) is 0.555. The molecule has 1 N–H and O–H groups in total. The number of allylic oxidation sites excluding steroid dienone is 1. The second-order valence-electron chi connectivity index (χ2n) is 8.79. The van der Waals surface area contributed by atoms with Gasteiger partial charge in [-0.3, -0.25) is 24.7 Å². The minimum atomic E-state index is -1.71. The van der Waals surface area contributed by atoms with E-state index >= 15 is 0 Å². The van der Waals surface area contributed by atoms with Crippen molar-refractivity contribution in [1.29, 1.82) is 10.7 Å². The van der Waals surface area contributed by atoms with E-state index in [9.17, 15) is 19.6 Å². The highest BCUT2D eigenvalue weighted by atomic mass is 16.5. The number of fused-ring (bicyclic) bond motifs is 3. The van der Waals surface area contributed by atoms with Crippen molar-refractivity contribution in [2.24, 2.45) is 11.3 Å². The van der Waals surface area contributed by atoms with Crippen LogP contribution in [-0.4, -0.2) is 36.7 Å². The van der Waals surface area contributed by atoms with Gasteiger partial charge in [-0.25, -0.2) is 0 Å². The van der Waals surface area contributed by atoms with Crippen molar-refractivity contribution in [2.45, 2.75) is 39.0 Å². The molecule has 1 spiro atoms. The highest BCUT2D eigenvalue weighted by Crippen LogP contribution is 2.57. The van der Waals surface area contributed by atoms with Crippen LogP contribution >= 0.6 is 0 Å². The number of Topliss-reactive ketones (excluding diaryl/α,β-unsaturated/α-hetero) is 1. The van der Waals surface area contributed by atoms with E-state index in [4.69, 9.17) is 14.9 Å². The molecule has 160 valence electrons. The van der Waals surface area contributed by atoms with Gasteiger partial charge in [0, 0.05) is 18.5 Å². The molecule has 8 heteroatoms. The normalized spacial score (nSPS) is 26.3. The molecule has 1 aromatic rings. The van der Waals surface area contributed by atoms with Crippen LogP contribution < -0.4 is 4.90 Å². The maximum Gasteiger partial charge on any atom is 0.326 e. The van der Waals surface area contributed by atoms with Gasteiger partial charge in [0.15, 0.2) is 5.78 Å². The summed E-state index contributed by atoms with van der Waals surface area (Å²) in [5.74, 6) is -2.88. The van der Waals surface area contributed by atoms with E-state index in [-0.39, 0.29) is 42.6 Å². The van der Waals surface area contributed by atoms with E-state index in [1.54, 1.807) is 31.2 Å². The van der Waals surface area contributed by atoms with Crippen molar-refractivity contribution in [3.05, 3.63) is 41.2 Å². The van der Waals surface area contributed by atoms with Gasteiger partial charge in [-0.1, -0.05) is 32.0 Å². The number of hydrogen-bond donors (Lipinski definition) is 1. The number of nitrogens with zero attached hydrogens (tertiary/aromatic N) is 2. The van der Waals surface area contributed by atoms with Gasteiger partial charge in [0.2, 0.25) is 11.8 Å². The number of anilines is 1. The lowest BCUT2D eigenvalue weighted by Crippen LogP contribution is -2.56. The fourth-order valence-electron chi connectivity index (χ4n) is 4.97. The monoisotopic (exact) mass is 421 g/mol. The van der Waals surface area contributed by atoms with E-state index < -0.39 is 28.6 Å². The highest BCUT2D eigenvalue weighted by Gasteiger charge is 2.65. The Morgan fingerprint density at radius 3 is 2.71 bits per heavy atom. The standard InChI is InChI=1S/C23H23N3O5/c1-4-30-18(28)12-26-15-8-6-5-7-13(15)23(21(26)29)14(11-24)20(25)31-17-10-22(2,3)9-16(27)19(17)23/h5-8,14,25H,4,9-10,12H2,1-3H3. The number of nitriles is 1. The molecule has 0 fully saturated rings. The Kier molecular flexibility index (Phi) is 4.73. The largest absolute Gasteiger partial charge is 0.465 e.